The molecule has 1 aliphatic heterocycles. The summed E-state index contributed by atoms with van der Waals surface area (Å²) in [5.41, 5.74) is 7.10. The molecule has 1 aromatic heterocycles. The van der Waals surface area contributed by atoms with Gasteiger partial charge in [0.05, 0.1) is 4.88 Å². The molecule has 3 nitrogen and oxygen atoms in total. The van der Waals surface area contributed by atoms with Gasteiger partial charge < -0.3 is 10.6 Å². The summed E-state index contributed by atoms with van der Waals surface area (Å²) in [4.78, 5) is 17.2. The van der Waals surface area contributed by atoms with Crippen LogP contribution in [0.15, 0.2) is 6.07 Å². The van der Waals surface area contributed by atoms with Gasteiger partial charge in [-0.2, -0.15) is 0 Å². The Morgan fingerprint density at radius 2 is 2.20 bits per heavy atom. The normalized spacial score (nSPS) is 21.4. The standard InChI is InChI=1S/C15H22N2OS.ClH/c16-8-7-12-5-1-2-9-17(12)15(18)14-10-11-4-3-6-13(11)19-14;/h10,12H,1-9,16H2;1H. The molecule has 2 N–H and O–H groups in total. The molecule has 0 spiro atoms. The van der Waals surface area contributed by atoms with E-state index in [2.05, 4.69) is 11.0 Å². The minimum atomic E-state index is 0. The third kappa shape index (κ3) is 3.02. The molecule has 5 heteroatoms. The van der Waals surface area contributed by atoms with Crippen molar-refractivity contribution in [3.8, 4) is 0 Å². The van der Waals surface area contributed by atoms with Gasteiger partial charge in [0.2, 0.25) is 0 Å². The molecule has 3 rings (SSSR count). The van der Waals surface area contributed by atoms with Crippen molar-refractivity contribution < 1.29 is 4.79 Å². The van der Waals surface area contributed by atoms with Gasteiger partial charge in [-0.1, -0.05) is 0 Å². The molecule has 2 heterocycles. The number of hydrogen-bond donors (Lipinski definition) is 1. The predicted molar refractivity (Wildman–Crippen MR) is 85.9 cm³/mol. The molecule has 1 unspecified atom stereocenters. The van der Waals surface area contributed by atoms with Crippen LogP contribution in [0.1, 0.15) is 52.2 Å². The quantitative estimate of drug-likeness (QED) is 0.932. The van der Waals surface area contributed by atoms with E-state index in [0.29, 0.717) is 12.6 Å². The average Bonchev–Trinajstić information content (AvgIpc) is 2.99. The Morgan fingerprint density at radius 3 is 2.95 bits per heavy atom. The molecule has 1 amide bonds. The van der Waals surface area contributed by atoms with Gasteiger partial charge in [-0.3, -0.25) is 4.79 Å². The van der Waals surface area contributed by atoms with E-state index >= 15 is 0 Å². The molecule has 1 atom stereocenters. The SMILES string of the molecule is Cl.NCCC1CCCCN1C(=O)c1cc2c(s1)CCC2. The maximum Gasteiger partial charge on any atom is 0.264 e. The summed E-state index contributed by atoms with van der Waals surface area (Å²) in [5.74, 6) is 0.248. The highest BCUT2D eigenvalue weighted by molar-refractivity contribution is 7.14. The molecule has 1 fully saturated rings. The van der Waals surface area contributed by atoms with Gasteiger partial charge in [0.25, 0.3) is 5.91 Å². The number of thiophene rings is 1. The van der Waals surface area contributed by atoms with Gasteiger partial charge in [0.15, 0.2) is 0 Å². The van der Waals surface area contributed by atoms with Crippen molar-refractivity contribution in [1.29, 1.82) is 0 Å². The van der Waals surface area contributed by atoms with Crippen LogP contribution in [0.3, 0.4) is 0 Å². The molecule has 1 aliphatic carbocycles. The van der Waals surface area contributed by atoms with Crippen molar-refractivity contribution in [2.75, 3.05) is 13.1 Å². The maximum atomic E-state index is 12.7. The van der Waals surface area contributed by atoms with E-state index < -0.39 is 0 Å². The Kier molecular flexibility index (Phi) is 5.47. The second-order valence-corrected chi connectivity index (χ2v) is 6.77. The van der Waals surface area contributed by atoms with E-state index in [1.54, 1.807) is 11.3 Å². The Morgan fingerprint density at radius 1 is 1.35 bits per heavy atom. The Balaban J connectivity index is 0.00000147. The van der Waals surface area contributed by atoms with Crippen molar-refractivity contribution in [3.05, 3.63) is 21.4 Å². The highest BCUT2D eigenvalue weighted by Crippen LogP contribution is 2.32. The molecular weight excluding hydrogens is 292 g/mol. The van der Waals surface area contributed by atoms with E-state index in [0.717, 1.165) is 37.1 Å². The van der Waals surface area contributed by atoms with E-state index in [-0.39, 0.29) is 18.3 Å². The number of aryl methyl sites for hydroxylation is 2. The zero-order valence-corrected chi connectivity index (χ0v) is 13.4. The minimum absolute atomic E-state index is 0. The third-order valence-electron chi connectivity index (χ3n) is 4.35. The Labute approximate surface area is 130 Å². The summed E-state index contributed by atoms with van der Waals surface area (Å²) in [6.07, 6.45) is 8.01. The number of amides is 1. The summed E-state index contributed by atoms with van der Waals surface area (Å²) < 4.78 is 0. The molecule has 1 saturated heterocycles. The number of likely N-dealkylation sites (tertiary alicyclic amines) is 1. The lowest BCUT2D eigenvalue weighted by molar-refractivity contribution is 0.0610. The summed E-state index contributed by atoms with van der Waals surface area (Å²) in [7, 11) is 0. The number of piperidine rings is 1. The van der Waals surface area contributed by atoms with Crippen molar-refractivity contribution in [3.63, 3.8) is 0 Å². The molecule has 112 valence electrons. The molecular formula is C15H23ClN2OS. The fourth-order valence-corrected chi connectivity index (χ4v) is 4.55. The number of rotatable bonds is 3. The zero-order valence-electron chi connectivity index (χ0n) is 11.8. The van der Waals surface area contributed by atoms with Crippen LogP contribution in [0.2, 0.25) is 0 Å². The van der Waals surface area contributed by atoms with Gasteiger partial charge in [-0.25, -0.2) is 0 Å². The lowest BCUT2D eigenvalue weighted by Crippen LogP contribution is -2.44. The number of carbonyl (C=O) groups is 1. The number of nitrogens with two attached hydrogens (primary N) is 1. The Hall–Kier alpha value is -0.580. The summed E-state index contributed by atoms with van der Waals surface area (Å²) in [6.45, 7) is 1.58. The van der Waals surface area contributed by atoms with Crippen LogP contribution in [0.4, 0.5) is 0 Å². The van der Waals surface area contributed by atoms with Crippen molar-refractivity contribution in [2.24, 2.45) is 5.73 Å². The van der Waals surface area contributed by atoms with Crippen LogP contribution in [-0.4, -0.2) is 29.9 Å². The molecule has 0 aromatic carbocycles. The highest BCUT2D eigenvalue weighted by atomic mass is 35.5. The lowest BCUT2D eigenvalue weighted by Gasteiger charge is -2.35. The van der Waals surface area contributed by atoms with Crippen molar-refractivity contribution in [1.82, 2.24) is 4.90 Å². The van der Waals surface area contributed by atoms with Crippen molar-refractivity contribution >= 4 is 29.7 Å². The second-order valence-electron chi connectivity index (χ2n) is 5.64. The molecule has 2 aliphatic rings. The third-order valence-corrected chi connectivity index (χ3v) is 5.57. The van der Waals surface area contributed by atoms with Crippen molar-refractivity contribution in [2.45, 2.75) is 51.0 Å². The summed E-state index contributed by atoms with van der Waals surface area (Å²) in [5, 5.41) is 0. The van der Waals surface area contributed by atoms with Crippen LogP contribution < -0.4 is 5.73 Å². The number of carbonyl (C=O) groups excluding carboxylic acids is 1. The molecule has 0 saturated carbocycles. The van der Waals surface area contributed by atoms with Gasteiger partial charge in [0, 0.05) is 17.5 Å². The first-order valence-corrected chi connectivity index (χ1v) is 8.24. The minimum Gasteiger partial charge on any atom is -0.335 e. The monoisotopic (exact) mass is 314 g/mol. The van der Waals surface area contributed by atoms with Gasteiger partial charge in [0.1, 0.15) is 0 Å². The fraction of sp³-hybridized carbons (Fsp3) is 0.667. The second kappa shape index (κ2) is 6.92. The first-order chi connectivity index (χ1) is 9.29. The topological polar surface area (TPSA) is 46.3 Å². The zero-order chi connectivity index (χ0) is 13.2. The van der Waals surface area contributed by atoms with Gasteiger partial charge in [-0.15, -0.1) is 23.7 Å². The number of hydrogen-bond acceptors (Lipinski definition) is 3. The first kappa shape index (κ1) is 15.8. The van der Waals surface area contributed by atoms with E-state index in [9.17, 15) is 4.79 Å². The van der Waals surface area contributed by atoms with Crippen LogP contribution >= 0.6 is 23.7 Å². The van der Waals surface area contributed by atoms with E-state index in [1.807, 2.05) is 0 Å². The molecule has 0 radical (unpaired) electrons. The lowest BCUT2D eigenvalue weighted by atomic mass is 9.99. The van der Waals surface area contributed by atoms with Gasteiger partial charge >= 0.3 is 0 Å². The fourth-order valence-electron chi connectivity index (χ4n) is 3.34. The molecule has 20 heavy (non-hydrogen) atoms. The van der Waals surface area contributed by atoms with Gasteiger partial charge in [-0.05, 0) is 63.1 Å². The number of halogens is 1. The highest BCUT2D eigenvalue weighted by Gasteiger charge is 2.29. The smallest absolute Gasteiger partial charge is 0.264 e. The predicted octanol–water partition coefficient (Wildman–Crippen LogP) is 3.00. The van der Waals surface area contributed by atoms with E-state index in [1.165, 1.54) is 29.7 Å². The van der Waals surface area contributed by atoms with E-state index in [4.69, 9.17) is 5.73 Å². The van der Waals surface area contributed by atoms with Crippen LogP contribution in [-0.2, 0) is 12.8 Å². The first-order valence-electron chi connectivity index (χ1n) is 7.42. The molecule has 0 bridgehead atoms. The van der Waals surface area contributed by atoms with Crippen LogP contribution in [0.25, 0.3) is 0 Å². The molecule has 1 aromatic rings. The number of nitrogens with zero attached hydrogens (tertiary/aromatic N) is 1. The Bertz CT molecular complexity index is 451. The van der Waals surface area contributed by atoms with Crippen LogP contribution in [0.5, 0.6) is 0 Å². The number of fused-ring (bicyclic) bond motifs is 1. The average molecular weight is 315 g/mol. The summed E-state index contributed by atoms with van der Waals surface area (Å²) in [6, 6.07) is 2.51. The summed E-state index contributed by atoms with van der Waals surface area (Å²) >= 11 is 1.72. The maximum absolute atomic E-state index is 12.7. The van der Waals surface area contributed by atoms with Crippen LogP contribution in [0, 0.1) is 0 Å². The largest absolute Gasteiger partial charge is 0.335 e.